The first kappa shape index (κ1) is 18.8. The first-order valence-corrected chi connectivity index (χ1v) is 10.3. The minimum atomic E-state index is -0.820. The van der Waals surface area contributed by atoms with Crippen LogP contribution in [0.25, 0.3) is 0 Å². The van der Waals surface area contributed by atoms with Crippen molar-refractivity contribution in [1.29, 1.82) is 0 Å². The maximum atomic E-state index is 12.6. The van der Waals surface area contributed by atoms with E-state index in [0.717, 1.165) is 63.8 Å². The summed E-state index contributed by atoms with van der Waals surface area (Å²) in [7, 11) is 0. The van der Waals surface area contributed by atoms with Gasteiger partial charge in [-0.1, -0.05) is 12.8 Å². The molecule has 2 saturated heterocycles. The smallest absolute Gasteiger partial charge is 0.338 e. The van der Waals surface area contributed by atoms with Gasteiger partial charge in [-0.25, -0.2) is 4.79 Å². The second kappa shape index (κ2) is 7.81. The van der Waals surface area contributed by atoms with Gasteiger partial charge in [-0.3, -0.25) is 9.59 Å². The van der Waals surface area contributed by atoms with Crippen LogP contribution in [0.1, 0.15) is 55.8 Å². The van der Waals surface area contributed by atoms with E-state index in [1.54, 1.807) is 24.0 Å². The summed E-state index contributed by atoms with van der Waals surface area (Å²) in [6.45, 7) is 3.92. The largest absolute Gasteiger partial charge is 0.449 e. The fourth-order valence-electron chi connectivity index (χ4n) is 4.38. The number of ether oxygens (including phenoxy) is 1. The van der Waals surface area contributed by atoms with Gasteiger partial charge in [-0.2, -0.15) is 0 Å². The Balaban J connectivity index is 1.44. The molecule has 150 valence electrons. The summed E-state index contributed by atoms with van der Waals surface area (Å²) in [6, 6.07) is 5.09. The number of likely N-dealkylation sites (tertiary alicyclic amines) is 1. The number of carbonyl (C=O) groups excluding carboxylic acids is 3. The fourth-order valence-corrected chi connectivity index (χ4v) is 4.38. The highest BCUT2D eigenvalue weighted by Gasteiger charge is 2.36. The maximum Gasteiger partial charge on any atom is 0.338 e. The van der Waals surface area contributed by atoms with Gasteiger partial charge in [0.1, 0.15) is 6.04 Å². The van der Waals surface area contributed by atoms with Crippen molar-refractivity contribution in [1.82, 2.24) is 4.90 Å². The van der Waals surface area contributed by atoms with Crippen molar-refractivity contribution in [3.8, 4) is 0 Å². The van der Waals surface area contributed by atoms with Crippen LogP contribution in [0.2, 0.25) is 0 Å². The Labute approximate surface area is 165 Å². The van der Waals surface area contributed by atoms with Gasteiger partial charge in [-0.05, 0) is 50.8 Å². The third-order valence-corrected chi connectivity index (χ3v) is 5.90. The molecule has 2 amide bonds. The van der Waals surface area contributed by atoms with E-state index in [1.165, 1.54) is 0 Å². The lowest BCUT2D eigenvalue weighted by molar-refractivity contribution is -0.139. The highest BCUT2D eigenvalue weighted by molar-refractivity contribution is 6.05. The lowest BCUT2D eigenvalue weighted by Gasteiger charge is -2.33. The summed E-state index contributed by atoms with van der Waals surface area (Å²) in [4.78, 5) is 41.3. The number of amides is 2. The predicted octanol–water partition coefficient (Wildman–Crippen LogP) is 2.56. The Bertz CT molecular complexity index is 786. The number of fused-ring (bicyclic) bond motifs is 3. The van der Waals surface area contributed by atoms with Gasteiger partial charge >= 0.3 is 5.97 Å². The molecule has 3 aliphatic heterocycles. The Morgan fingerprint density at radius 3 is 2.61 bits per heavy atom. The Morgan fingerprint density at radius 1 is 1.11 bits per heavy atom. The van der Waals surface area contributed by atoms with Crippen LogP contribution in [-0.2, 0) is 14.3 Å². The summed E-state index contributed by atoms with van der Waals surface area (Å²) >= 11 is 0. The van der Waals surface area contributed by atoms with E-state index in [2.05, 4.69) is 10.2 Å². The zero-order chi connectivity index (χ0) is 19.7. The normalized spacial score (nSPS) is 22.6. The number of benzene rings is 1. The average molecular weight is 385 g/mol. The second-order valence-corrected chi connectivity index (χ2v) is 7.86. The molecule has 0 unspecified atom stereocenters. The fraction of sp³-hybridized carbons (Fsp3) is 0.571. The Kier molecular flexibility index (Phi) is 5.24. The molecule has 0 radical (unpaired) electrons. The lowest BCUT2D eigenvalue weighted by Crippen LogP contribution is -2.44. The molecule has 0 aliphatic carbocycles. The zero-order valence-electron chi connectivity index (χ0n) is 16.3. The summed E-state index contributed by atoms with van der Waals surface area (Å²) in [5.74, 6) is -0.710. The van der Waals surface area contributed by atoms with Gasteiger partial charge in [-0.15, -0.1) is 0 Å². The van der Waals surface area contributed by atoms with Crippen molar-refractivity contribution < 1.29 is 19.1 Å². The third kappa shape index (κ3) is 3.57. The molecule has 0 bridgehead atoms. The molecule has 7 heteroatoms. The number of hydrogen-bond acceptors (Lipinski definition) is 5. The number of anilines is 2. The van der Waals surface area contributed by atoms with Gasteiger partial charge in [0.2, 0.25) is 5.91 Å². The summed E-state index contributed by atoms with van der Waals surface area (Å²) in [5.41, 5.74) is 1.91. The summed E-state index contributed by atoms with van der Waals surface area (Å²) < 4.78 is 5.44. The SMILES string of the molecule is C[C@H](OC(=O)c1ccc2c(c1)NC(=O)[C@H]1CCCN21)C(=O)N1CCCCCC1. The third-order valence-electron chi connectivity index (χ3n) is 5.90. The molecule has 1 aromatic carbocycles. The molecule has 1 aromatic rings. The number of carbonyl (C=O) groups is 3. The van der Waals surface area contributed by atoms with Gasteiger partial charge in [0.05, 0.1) is 16.9 Å². The molecule has 2 atom stereocenters. The molecule has 7 nitrogen and oxygen atoms in total. The standard InChI is InChI=1S/C21H27N3O4/c1-14(20(26)23-10-4-2-3-5-11-23)28-21(27)15-8-9-17-16(13-15)22-19(25)18-7-6-12-24(17)18/h8-9,13-14,18H,2-7,10-12H2,1H3,(H,22,25)/t14-,18+/m0/s1. The maximum absolute atomic E-state index is 12.6. The van der Waals surface area contributed by atoms with E-state index in [0.29, 0.717) is 11.3 Å². The van der Waals surface area contributed by atoms with Gasteiger partial charge in [0.25, 0.3) is 5.91 Å². The van der Waals surface area contributed by atoms with Crippen LogP contribution in [0.15, 0.2) is 18.2 Å². The van der Waals surface area contributed by atoms with Crippen LogP contribution in [0.3, 0.4) is 0 Å². The van der Waals surface area contributed by atoms with E-state index in [4.69, 9.17) is 4.74 Å². The monoisotopic (exact) mass is 385 g/mol. The van der Waals surface area contributed by atoms with Gasteiger partial charge in [0.15, 0.2) is 6.10 Å². The molecule has 1 N–H and O–H groups in total. The average Bonchev–Trinajstić information content (AvgIpc) is 3.03. The second-order valence-electron chi connectivity index (χ2n) is 7.86. The lowest BCUT2D eigenvalue weighted by atomic mass is 10.1. The van der Waals surface area contributed by atoms with Gasteiger partial charge in [0, 0.05) is 19.6 Å². The van der Waals surface area contributed by atoms with E-state index < -0.39 is 12.1 Å². The molecule has 3 heterocycles. The first-order valence-electron chi connectivity index (χ1n) is 10.3. The minimum Gasteiger partial charge on any atom is -0.449 e. The van der Waals surface area contributed by atoms with Crippen molar-refractivity contribution in [2.24, 2.45) is 0 Å². The topological polar surface area (TPSA) is 79.0 Å². The number of rotatable bonds is 3. The molecular formula is C21H27N3O4. The number of esters is 1. The van der Waals surface area contributed by atoms with Crippen LogP contribution >= 0.6 is 0 Å². The van der Waals surface area contributed by atoms with Crippen LogP contribution in [0, 0.1) is 0 Å². The molecule has 3 aliphatic rings. The summed E-state index contributed by atoms with van der Waals surface area (Å²) in [6.07, 6.45) is 5.28. The predicted molar refractivity (Wildman–Crippen MR) is 105 cm³/mol. The zero-order valence-corrected chi connectivity index (χ0v) is 16.3. The van der Waals surface area contributed by atoms with Crippen LogP contribution < -0.4 is 10.2 Å². The number of hydrogen-bond donors (Lipinski definition) is 1. The van der Waals surface area contributed by atoms with E-state index in [-0.39, 0.29) is 17.9 Å². The summed E-state index contributed by atoms with van der Waals surface area (Å²) in [5, 5.41) is 2.90. The van der Waals surface area contributed by atoms with Crippen molar-refractivity contribution >= 4 is 29.2 Å². The van der Waals surface area contributed by atoms with Crippen molar-refractivity contribution in [2.75, 3.05) is 29.9 Å². The van der Waals surface area contributed by atoms with E-state index in [9.17, 15) is 14.4 Å². The van der Waals surface area contributed by atoms with E-state index in [1.807, 2.05) is 6.07 Å². The number of nitrogens with zero attached hydrogens (tertiary/aromatic N) is 2. The van der Waals surface area contributed by atoms with Crippen molar-refractivity contribution in [2.45, 2.75) is 57.6 Å². The molecule has 0 saturated carbocycles. The van der Waals surface area contributed by atoms with Gasteiger partial charge < -0.3 is 19.9 Å². The molecule has 4 rings (SSSR count). The van der Waals surface area contributed by atoms with Crippen LogP contribution in [-0.4, -0.2) is 54.5 Å². The number of nitrogens with one attached hydrogen (secondary N) is 1. The highest BCUT2D eigenvalue weighted by atomic mass is 16.5. The first-order chi connectivity index (χ1) is 13.5. The Hall–Kier alpha value is -2.57. The molecule has 2 fully saturated rings. The van der Waals surface area contributed by atoms with Crippen LogP contribution in [0.4, 0.5) is 11.4 Å². The van der Waals surface area contributed by atoms with Crippen LogP contribution in [0.5, 0.6) is 0 Å². The molecule has 0 spiro atoms. The van der Waals surface area contributed by atoms with E-state index >= 15 is 0 Å². The highest BCUT2D eigenvalue weighted by Crippen LogP contribution is 2.37. The quantitative estimate of drug-likeness (QED) is 0.809. The Morgan fingerprint density at radius 2 is 1.86 bits per heavy atom. The molecule has 28 heavy (non-hydrogen) atoms. The van der Waals surface area contributed by atoms with Crippen molar-refractivity contribution in [3.63, 3.8) is 0 Å². The minimum absolute atomic E-state index is 0.0276. The molecule has 0 aromatic heterocycles. The molecular weight excluding hydrogens is 358 g/mol. The van der Waals surface area contributed by atoms with Crippen molar-refractivity contribution in [3.05, 3.63) is 23.8 Å².